The third kappa shape index (κ3) is 3.68. The van der Waals surface area contributed by atoms with Gasteiger partial charge in [-0.3, -0.25) is 0 Å². The van der Waals surface area contributed by atoms with Gasteiger partial charge in [-0.25, -0.2) is 13.4 Å². The number of aryl methyl sites for hydroxylation is 1. The molecule has 0 radical (unpaired) electrons. The van der Waals surface area contributed by atoms with Crippen LogP contribution in [0.2, 0.25) is 0 Å². The van der Waals surface area contributed by atoms with Gasteiger partial charge < -0.3 is 4.90 Å². The van der Waals surface area contributed by atoms with Crippen molar-refractivity contribution in [1.82, 2.24) is 9.29 Å². The van der Waals surface area contributed by atoms with Gasteiger partial charge in [0.15, 0.2) is 0 Å². The minimum absolute atomic E-state index is 0.220. The van der Waals surface area contributed by atoms with E-state index in [-0.39, 0.29) is 4.90 Å². The second kappa shape index (κ2) is 7.12. The highest BCUT2D eigenvalue weighted by Crippen LogP contribution is 2.24. The summed E-state index contributed by atoms with van der Waals surface area (Å²) in [7, 11) is -3.54. The van der Waals surface area contributed by atoms with Crippen LogP contribution in [0.15, 0.2) is 45.9 Å². The van der Waals surface area contributed by atoms with Gasteiger partial charge in [0.2, 0.25) is 10.0 Å². The fourth-order valence-electron chi connectivity index (χ4n) is 2.86. The Morgan fingerprint density at radius 2 is 1.80 bits per heavy atom. The van der Waals surface area contributed by atoms with Crippen LogP contribution in [0.3, 0.4) is 0 Å². The molecular formula is C17H17BrN4O2S. The third-order valence-corrected chi connectivity index (χ3v) is 6.52. The number of anilines is 1. The van der Waals surface area contributed by atoms with Crippen molar-refractivity contribution in [3.05, 3.63) is 52.1 Å². The van der Waals surface area contributed by atoms with Gasteiger partial charge in [0.05, 0.1) is 16.5 Å². The molecule has 0 spiro atoms. The highest BCUT2D eigenvalue weighted by Gasteiger charge is 2.29. The molecule has 1 aromatic carbocycles. The van der Waals surface area contributed by atoms with Gasteiger partial charge in [0, 0.05) is 36.8 Å². The zero-order chi connectivity index (χ0) is 18.0. The van der Waals surface area contributed by atoms with Gasteiger partial charge in [0.1, 0.15) is 5.82 Å². The van der Waals surface area contributed by atoms with Crippen molar-refractivity contribution >= 4 is 31.8 Å². The first-order chi connectivity index (χ1) is 11.9. The number of piperazine rings is 1. The lowest BCUT2D eigenvalue weighted by Gasteiger charge is -2.35. The Kier molecular flexibility index (Phi) is 5.08. The summed E-state index contributed by atoms with van der Waals surface area (Å²) in [6.45, 7) is 3.97. The molecule has 6 nitrogen and oxygen atoms in total. The number of hydrogen-bond acceptors (Lipinski definition) is 5. The number of aromatic nitrogens is 1. The maximum absolute atomic E-state index is 12.7. The average Bonchev–Trinajstić information content (AvgIpc) is 2.62. The molecule has 0 bridgehead atoms. The topological polar surface area (TPSA) is 77.3 Å². The fourth-order valence-corrected chi connectivity index (χ4v) is 4.72. The van der Waals surface area contributed by atoms with Crippen LogP contribution in [-0.4, -0.2) is 43.9 Å². The molecule has 1 aliphatic rings. The Bertz CT molecular complexity index is 915. The van der Waals surface area contributed by atoms with Crippen molar-refractivity contribution in [2.24, 2.45) is 0 Å². The molecule has 0 amide bonds. The first-order valence-corrected chi connectivity index (χ1v) is 10.0. The second-order valence-electron chi connectivity index (χ2n) is 5.82. The Balaban J connectivity index is 1.73. The summed E-state index contributed by atoms with van der Waals surface area (Å²) in [4.78, 5) is 6.77. The van der Waals surface area contributed by atoms with E-state index in [2.05, 4.69) is 25.8 Å². The molecule has 2 aromatic rings. The number of benzene rings is 1. The SMILES string of the molecule is Cc1cc(Br)cnc1N1CCN(S(=O)(=O)c2ccc(C#N)cc2)CC1. The quantitative estimate of drug-likeness (QED) is 0.761. The summed E-state index contributed by atoms with van der Waals surface area (Å²) >= 11 is 3.40. The van der Waals surface area contributed by atoms with Gasteiger partial charge in [-0.05, 0) is 58.7 Å². The lowest BCUT2D eigenvalue weighted by molar-refractivity contribution is 0.383. The van der Waals surface area contributed by atoms with E-state index in [9.17, 15) is 8.42 Å². The van der Waals surface area contributed by atoms with E-state index in [1.165, 1.54) is 28.6 Å². The second-order valence-corrected chi connectivity index (χ2v) is 8.67. The molecule has 8 heteroatoms. The zero-order valence-electron chi connectivity index (χ0n) is 13.7. The monoisotopic (exact) mass is 420 g/mol. The number of pyridine rings is 1. The lowest BCUT2D eigenvalue weighted by atomic mass is 10.2. The van der Waals surface area contributed by atoms with Crippen molar-refractivity contribution in [3.63, 3.8) is 0 Å². The van der Waals surface area contributed by atoms with Crippen molar-refractivity contribution in [2.45, 2.75) is 11.8 Å². The van der Waals surface area contributed by atoms with E-state index in [1.54, 1.807) is 6.20 Å². The van der Waals surface area contributed by atoms with Gasteiger partial charge in [-0.1, -0.05) is 0 Å². The van der Waals surface area contributed by atoms with E-state index in [0.29, 0.717) is 31.7 Å². The number of sulfonamides is 1. The zero-order valence-corrected chi connectivity index (χ0v) is 16.1. The van der Waals surface area contributed by atoms with Gasteiger partial charge in [-0.2, -0.15) is 9.57 Å². The number of hydrogen-bond donors (Lipinski definition) is 0. The molecule has 1 fully saturated rings. The minimum Gasteiger partial charge on any atom is -0.354 e. The Morgan fingerprint density at radius 1 is 1.16 bits per heavy atom. The van der Waals surface area contributed by atoms with Crippen molar-refractivity contribution < 1.29 is 8.42 Å². The van der Waals surface area contributed by atoms with Crippen molar-refractivity contribution in [3.8, 4) is 6.07 Å². The Hall–Kier alpha value is -1.95. The van der Waals surface area contributed by atoms with Gasteiger partial charge in [-0.15, -0.1) is 0 Å². The van der Waals surface area contributed by atoms with Crippen LogP contribution in [-0.2, 0) is 10.0 Å². The predicted molar refractivity (Wildman–Crippen MR) is 98.8 cm³/mol. The largest absolute Gasteiger partial charge is 0.354 e. The smallest absolute Gasteiger partial charge is 0.243 e. The van der Waals surface area contributed by atoms with Crippen LogP contribution in [0.1, 0.15) is 11.1 Å². The van der Waals surface area contributed by atoms with E-state index >= 15 is 0 Å². The number of rotatable bonds is 3. The van der Waals surface area contributed by atoms with Crippen molar-refractivity contribution in [2.75, 3.05) is 31.1 Å². The molecule has 1 aliphatic heterocycles. The van der Waals surface area contributed by atoms with E-state index in [1.807, 2.05) is 19.1 Å². The van der Waals surface area contributed by atoms with Crippen LogP contribution >= 0.6 is 15.9 Å². The minimum atomic E-state index is -3.54. The molecule has 0 atom stereocenters. The van der Waals surface area contributed by atoms with E-state index < -0.39 is 10.0 Å². The molecular weight excluding hydrogens is 404 g/mol. The Morgan fingerprint density at radius 3 is 2.36 bits per heavy atom. The van der Waals surface area contributed by atoms with Gasteiger partial charge in [0.25, 0.3) is 0 Å². The molecule has 1 aromatic heterocycles. The molecule has 0 saturated carbocycles. The molecule has 0 aliphatic carbocycles. The molecule has 0 unspecified atom stereocenters. The van der Waals surface area contributed by atoms with E-state index in [0.717, 1.165) is 15.9 Å². The highest BCUT2D eigenvalue weighted by atomic mass is 79.9. The summed E-state index contributed by atoms with van der Waals surface area (Å²) in [6, 6.07) is 10.0. The Labute approximate surface area is 155 Å². The fraction of sp³-hybridized carbons (Fsp3) is 0.294. The van der Waals surface area contributed by atoms with Crippen molar-refractivity contribution in [1.29, 1.82) is 5.26 Å². The maximum atomic E-state index is 12.7. The standard InChI is InChI=1S/C17H17BrN4O2S/c1-13-10-15(18)12-20-17(13)21-6-8-22(9-7-21)25(23,24)16-4-2-14(11-19)3-5-16/h2-5,10,12H,6-9H2,1H3. The van der Waals surface area contributed by atoms with Gasteiger partial charge >= 0.3 is 0 Å². The highest BCUT2D eigenvalue weighted by molar-refractivity contribution is 9.10. The molecule has 3 rings (SSSR count). The third-order valence-electron chi connectivity index (χ3n) is 4.18. The molecule has 1 saturated heterocycles. The van der Waals surface area contributed by atoms with Crippen LogP contribution < -0.4 is 4.90 Å². The first kappa shape index (κ1) is 17.9. The van der Waals surface area contributed by atoms with Crippen LogP contribution in [0.4, 0.5) is 5.82 Å². The predicted octanol–water partition coefficient (Wildman–Crippen LogP) is 2.54. The number of nitrogens with zero attached hydrogens (tertiary/aromatic N) is 4. The summed E-state index contributed by atoms with van der Waals surface area (Å²) in [5.74, 6) is 0.888. The van der Waals surface area contributed by atoms with Crippen LogP contribution in [0.25, 0.3) is 0 Å². The molecule has 25 heavy (non-hydrogen) atoms. The lowest BCUT2D eigenvalue weighted by Crippen LogP contribution is -2.49. The summed E-state index contributed by atoms with van der Waals surface area (Å²) in [6.07, 6.45) is 1.75. The maximum Gasteiger partial charge on any atom is 0.243 e. The number of halogens is 1. The summed E-state index contributed by atoms with van der Waals surface area (Å²) in [5, 5.41) is 8.83. The molecule has 2 heterocycles. The number of nitriles is 1. The normalized spacial score (nSPS) is 15.8. The molecule has 0 N–H and O–H groups in total. The van der Waals surface area contributed by atoms with Crippen LogP contribution in [0, 0.1) is 18.3 Å². The van der Waals surface area contributed by atoms with Crippen LogP contribution in [0.5, 0.6) is 0 Å². The van der Waals surface area contributed by atoms with E-state index in [4.69, 9.17) is 5.26 Å². The molecule has 130 valence electrons. The summed E-state index contributed by atoms with van der Waals surface area (Å²) in [5.41, 5.74) is 1.50. The average molecular weight is 421 g/mol. The summed E-state index contributed by atoms with van der Waals surface area (Å²) < 4.78 is 27.9. The first-order valence-electron chi connectivity index (χ1n) is 7.79.